The van der Waals surface area contributed by atoms with Gasteiger partial charge in [-0.2, -0.15) is 0 Å². The van der Waals surface area contributed by atoms with Crippen LogP contribution in [0.5, 0.6) is 0 Å². The van der Waals surface area contributed by atoms with Crippen LogP contribution in [0.3, 0.4) is 0 Å². The van der Waals surface area contributed by atoms with Crippen LogP contribution in [-0.4, -0.2) is 51.9 Å². The number of rotatable bonds is 4. The fourth-order valence-corrected chi connectivity index (χ4v) is 2.94. The van der Waals surface area contributed by atoms with Gasteiger partial charge in [0.1, 0.15) is 12.1 Å². The van der Waals surface area contributed by atoms with Crippen molar-refractivity contribution in [1.82, 2.24) is 30.4 Å². The Labute approximate surface area is 169 Å². The van der Waals surface area contributed by atoms with Gasteiger partial charge in [0.15, 0.2) is 11.8 Å². The minimum atomic E-state index is 0. The topological polar surface area (TPSA) is 83.3 Å². The summed E-state index contributed by atoms with van der Waals surface area (Å²) in [4.78, 5) is 10.8. The summed E-state index contributed by atoms with van der Waals surface area (Å²) >= 11 is 6.23. The van der Waals surface area contributed by atoms with Gasteiger partial charge in [-0.05, 0) is 18.6 Å². The molecule has 1 atom stereocenters. The summed E-state index contributed by atoms with van der Waals surface area (Å²) in [5.41, 5.74) is 0. The molecule has 0 spiro atoms. The lowest BCUT2D eigenvalue weighted by Gasteiger charge is -2.20. The largest absolute Gasteiger partial charge is 0.353 e. The number of anilines is 1. The number of nitrogens with zero attached hydrogens (tertiary/aromatic N) is 6. The van der Waals surface area contributed by atoms with Crippen molar-refractivity contribution in [2.24, 2.45) is 12.0 Å². The van der Waals surface area contributed by atoms with E-state index in [1.807, 2.05) is 23.7 Å². The highest BCUT2D eigenvalue weighted by Gasteiger charge is 2.25. The van der Waals surface area contributed by atoms with Gasteiger partial charge in [-0.1, -0.05) is 11.6 Å². The fourth-order valence-electron chi connectivity index (χ4n) is 2.70. The summed E-state index contributed by atoms with van der Waals surface area (Å²) in [6, 6.07) is 4.00. The summed E-state index contributed by atoms with van der Waals surface area (Å²) in [6.45, 7) is 2.31. The standard InChI is InChI=1S/C15H21ClN8.HI/c1-17-15(19-8-13-22-20-10-23(13)2)21-11-5-7-24(9-11)14-12(16)4-3-6-18-14;/h3-4,6,10-11H,5,7-9H2,1-2H3,(H2,17,19,21);1H. The Balaban J connectivity index is 0.00000225. The third-order valence-electron chi connectivity index (χ3n) is 4.01. The van der Waals surface area contributed by atoms with E-state index in [-0.39, 0.29) is 30.0 Å². The minimum Gasteiger partial charge on any atom is -0.353 e. The van der Waals surface area contributed by atoms with Crippen LogP contribution in [0.15, 0.2) is 29.6 Å². The van der Waals surface area contributed by atoms with Crippen molar-refractivity contribution in [3.05, 3.63) is 35.5 Å². The van der Waals surface area contributed by atoms with E-state index in [0.717, 1.165) is 37.1 Å². The molecule has 3 heterocycles. The van der Waals surface area contributed by atoms with Crippen LogP contribution in [0.25, 0.3) is 0 Å². The average molecular weight is 477 g/mol. The van der Waals surface area contributed by atoms with Crippen LogP contribution in [0.4, 0.5) is 5.82 Å². The van der Waals surface area contributed by atoms with Gasteiger partial charge >= 0.3 is 0 Å². The highest BCUT2D eigenvalue weighted by molar-refractivity contribution is 14.0. The first-order valence-corrected chi connectivity index (χ1v) is 8.20. The predicted octanol–water partition coefficient (Wildman–Crippen LogP) is 1.43. The maximum atomic E-state index is 6.23. The second-order valence-electron chi connectivity index (χ2n) is 5.67. The molecular formula is C15H22ClIN8. The maximum absolute atomic E-state index is 6.23. The molecule has 1 saturated heterocycles. The van der Waals surface area contributed by atoms with Gasteiger partial charge in [0.05, 0.1) is 11.6 Å². The van der Waals surface area contributed by atoms with Crippen molar-refractivity contribution >= 4 is 47.4 Å². The predicted molar refractivity (Wildman–Crippen MR) is 110 cm³/mol. The molecule has 1 unspecified atom stereocenters. The van der Waals surface area contributed by atoms with Crippen LogP contribution in [0.2, 0.25) is 5.02 Å². The van der Waals surface area contributed by atoms with E-state index in [0.29, 0.717) is 11.6 Å². The van der Waals surface area contributed by atoms with Crippen molar-refractivity contribution in [3.63, 3.8) is 0 Å². The van der Waals surface area contributed by atoms with Crippen LogP contribution in [-0.2, 0) is 13.6 Å². The summed E-state index contributed by atoms with van der Waals surface area (Å²) in [6.07, 6.45) is 4.44. The summed E-state index contributed by atoms with van der Waals surface area (Å²) < 4.78 is 1.88. The van der Waals surface area contributed by atoms with Gasteiger partial charge in [-0.25, -0.2) is 4.98 Å². The molecule has 2 aromatic heterocycles. The van der Waals surface area contributed by atoms with Gasteiger partial charge in [-0.15, -0.1) is 34.2 Å². The molecule has 3 rings (SSSR count). The molecule has 136 valence electrons. The molecule has 1 aliphatic rings. The Morgan fingerprint density at radius 3 is 3.00 bits per heavy atom. The van der Waals surface area contributed by atoms with Gasteiger partial charge in [0.25, 0.3) is 0 Å². The molecule has 0 aromatic carbocycles. The van der Waals surface area contributed by atoms with Gasteiger partial charge in [-0.3, -0.25) is 4.99 Å². The second kappa shape index (κ2) is 9.18. The number of pyridine rings is 1. The first-order valence-electron chi connectivity index (χ1n) is 7.83. The van der Waals surface area contributed by atoms with Gasteiger partial charge in [0.2, 0.25) is 0 Å². The number of nitrogens with one attached hydrogen (secondary N) is 2. The van der Waals surface area contributed by atoms with E-state index < -0.39 is 0 Å². The number of guanidine groups is 1. The first kappa shape index (κ1) is 19.7. The zero-order chi connectivity index (χ0) is 16.9. The SMILES string of the molecule is CN=C(NCc1nncn1C)NC1CCN(c2ncccc2Cl)C1.I. The fraction of sp³-hybridized carbons (Fsp3) is 0.467. The summed E-state index contributed by atoms with van der Waals surface area (Å²) in [5, 5.41) is 15.3. The lowest BCUT2D eigenvalue weighted by Crippen LogP contribution is -2.44. The molecule has 0 bridgehead atoms. The molecule has 1 aliphatic heterocycles. The van der Waals surface area contributed by atoms with E-state index in [9.17, 15) is 0 Å². The molecule has 10 heteroatoms. The van der Waals surface area contributed by atoms with Crippen LogP contribution in [0.1, 0.15) is 12.2 Å². The zero-order valence-corrected chi connectivity index (χ0v) is 17.3. The molecule has 0 aliphatic carbocycles. The maximum Gasteiger partial charge on any atom is 0.191 e. The highest BCUT2D eigenvalue weighted by Crippen LogP contribution is 2.25. The van der Waals surface area contributed by atoms with Crippen molar-refractivity contribution < 1.29 is 0 Å². The Morgan fingerprint density at radius 1 is 1.48 bits per heavy atom. The summed E-state index contributed by atoms with van der Waals surface area (Å²) in [5.74, 6) is 2.44. The Bertz CT molecular complexity index is 719. The molecule has 1 fully saturated rings. The number of aliphatic imine (C=N–C) groups is 1. The second-order valence-corrected chi connectivity index (χ2v) is 6.08. The molecule has 2 N–H and O–H groups in total. The number of aryl methyl sites for hydroxylation is 1. The molecule has 0 radical (unpaired) electrons. The van der Waals surface area contributed by atoms with Crippen molar-refractivity contribution in [3.8, 4) is 0 Å². The Hall–Kier alpha value is -1.62. The smallest absolute Gasteiger partial charge is 0.191 e. The van der Waals surface area contributed by atoms with E-state index in [1.54, 1.807) is 19.6 Å². The Morgan fingerprint density at radius 2 is 2.32 bits per heavy atom. The van der Waals surface area contributed by atoms with E-state index >= 15 is 0 Å². The molecule has 0 amide bonds. The quantitative estimate of drug-likeness (QED) is 0.395. The third kappa shape index (κ3) is 4.94. The van der Waals surface area contributed by atoms with Gasteiger partial charge < -0.3 is 20.1 Å². The average Bonchev–Trinajstić information content (AvgIpc) is 3.21. The van der Waals surface area contributed by atoms with Crippen LogP contribution < -0.4 is 15.5 Å². The van der Waals surface area contributed by atoms with Crippen LogP contribution in [0, 0.1) is 0 Å². The molecule has 25 heavy (non-hydrogen) atoms. The zero-order valence-electron chi connectivity index (χ0n) is 14.2. The van der Waals surface area contributed by atoms with Crippen molar-refractivity contribution in [2.45, 2.75) is 19.0 Å². The highest BCUT2D eigenvalue weighted by atomic mass is 127. The third-order valence-corrected chi connectivity index (χ3v) is 4.31. The van der Waals surface area contributed by atoms with E-state index in [2.05, 4.69) is 35.7 Å². The van der Waals surface area contributed by atoms with Crippen molar-refractivity contribution in [2.75, 3.05) is 25.0 Å². The number of hydrogen-bond donors (Lipinski definition) is 2. The normalized spacial score (nSPS) is 17.3. The number of hydrogen-bond acceptors (Lipinski definition) is 5. The molecule has 0 saturated carbocycles. The monoisotopic (exact) mass is 476 g/mol. The van der Waals surface area contributed by atoms with Gasteiger partial charge in [0, 0.05) is 39.4 Å². The molecular weight excluding hydrogens is 455 g/mol. The molecule has 2 aromatic rings. The van der Waals surface area contributed by atoms with E-state index in [1.165, 1.54) is 0 Å². The first-order chi connectivity index (χ1) is 11.7. The lowest BCUT2D eigenvalue weighted by atomic mass is 10.3. The van der Waals surface area contributed by atoms with Crippen LogP contribution >= 0.6 is 35.6 Å². The Kier molecular flexibility index (Phi) is 7.24. The lowest BCUT2D eigenvalue weighted by molar-refractivity contribution is 0.640. The summed E-state index contributed by atoms with van der Waals surface area (Å²) in [7, 11) is 3.67. The number of halogens is 2. The van der Waals surface area contributed by atoms with E-state index in [4.69, 9.17) is 11.6 Å². The molecule has 8 nitrogen and oxygen atoms in total. The minimum absolute atomic E-state index is 0. The number of aromatic nitrogens is 4. The van der Waals surface area contributed by atoms with Crippen molar-refractivity contribution in [1.29, 1.82) is 0 Å².